The fraction of sp³-hybridized carbons (Fsp3) is 0.364. The highest BCUT2D eigenvalue weighted by Gasteiger charge is 2.20. The van der Waals surface area contributed by atoms with Gasteiger partial charge >= 0.3 is 5.97 Å². The number of anilines is 1. The number of sulfonamides is 1. The molecule has 0 spiro atoms. The zero-order chi connectivity index (χ0) is 13.9. The molecule has 0 aliphatic rings. The molecule has 5 nitrogen and oxygen atoms in total. The van der Waals surface area contributed by atoms with Gasteiger partial charge in [0, 0.05) is 0 Å². The Bertz CT molecular complexity index is 554. The minimum Gasteiger partial charge on any atom is -0.465 e. The van der Waals surface area contributed by atoms with E-state index in [4.69, 9.17) is 0 Å². The third kappa shape index (κ3) is 3.19. The molecule has 0 heterocycles. The summed E-state index contributed by atoms with van der Waals surface area (Å²) in [6.07, 6.45) is 0. The van der Waals surface area contributed by atoms with Gasteiger partial charge in [0.1, 0.15) is 5.82 Å². The van der Waals surface area contributed by atoms with Gasteiger partial charge in [-0.2, -0.15) is 0 Å². The van der Waals surface area contributed by atoms with Crippen molar-refractivity contribution in [2.24, 2.45) is 0 Å². The van der Waals surface area contributed by atoms with Crippen molar-refractivity contribution in [2.45, 2.75) is 19.1 Å². The Morgan fingerprint density at radius 1 is 1.39 bits per heavy atom. The second kappa shape index (κ2) is 5.34. The molecule has 0 saturated carbocycles. The maximum absolute atomic E-state index is 13.1. The fourth-order valence-corrected chi connectivity index (χ4v) is 1.88. The highest BCUT2D eigenvalue weighted by Crippen LogP contribution is 2.20. The summed E-state index contributed by atoms with van der Waals surface area (Å²) in [4.78, 5) is 11.4. The summed E-state index contributed by atoms with van der Waals surface area (Å²) in [7, 11) is -2.48. The predicted molar refractivity (Wildman–Crippen MR) is 65.4 cm³/mol. The Kier molecular flexibility index (Phi) is 4.28. The van der Waals surface area contributed by atoms with Gasteiger partial charge in [0.15, 0.2) is 0 Å². The monoisotopic (exact) mass is 275 g/mol. The first-order valence-electron chi connectivity index (χ1n) is 5.17. The number of nitrogens with one attached hydrogen (secondary N) is 1. The van der Waals surface area contributed by atoms with Crippen LogP contribution in [-0.2, 0) is 14.8 Å². The number of hydrogen-bond acceptors (Lipinski definition) is 4. The minimum absolute atomic E-state index is 0.00282. The largest absolute Gasteiger partial charge is 0.465 e. The summed E-state index contributed by atoms with van der Waals surface area (Å²) in [6.45, 7) is 2.98. The van der Waals surface area contributed by atoms with Gasteiger partial charge in [-0.05, 0) is 32.0 Å². The first-order valence-corrected chi connectivity index (χ1v) is 6.72. The topological polar surface area (TPSA) is 72.5 Å². The van der Waals surface area contributed by atoms with Crippen LogP contribution >= 0.6 is 0 Å². The Hall–Kier alpha value is -1.63. The van der Waals surface area contributed by atoms with Crippen molar-refractivity contribution in [2.75, 3.05) is 11.8 Å². The Labute approximate surface area is 105 Å². The van der Waals surface area contributed by atoms with Crippen LogP contribution in [0.25, 0.3) is 0 Å². The van der Waals surface area contributed by atoms with Crippen molar-refractivity contribution in [1.29, 1.82) is 0 Å². The number of ether oxygens (including phenoxy) is 1. The maximum atomic E-state index is 13.1. The minimum atomic E-state index is -3.61. The normalized spacial score (nSPS) is 11.4. The molecule has 0 aromatic heterocycles. The molecule has 0 aliphatic carbocycles. The van der Waals surface area contributed by atoms with Crippen molar-refractivity contribution in [3.63, 3.8) is 0 Å². The summed E-state index contributed by atoms with van der Waals surface area (Å²) in [5, 5.41) is -0.673. The second-order valence-electron chi connectivity index (χ2n) is 3.88. The number of carbonyl (C=O) groups is 1. The highest BCUT2D eigenvalue weighted by molar-refractivity contribution is 7.93. The van der Waals surface area contributed by atoms with E-state index in [2.05, 4.69) is 9.46 Å². The Morgan fingerprint density at radius 3 is 2.50 bits per heavy atom. The third-order valence-corrected chi connectivity index (χ3v) is 4.01. The van der Waals surface area contributed by atoms with Crippen LogP contribution in [0.5, 0.6) is 0 Å². The first kappa shape index (κ1) is 14.4. The maximum Gasteiger partial charge on any atom is 0.340 e. The number of hydrogen-bond donors (Lipinski definition) is 1. The predicted octanol–water partition coefficient (Wildman–Crippen LogP) is 1.76. The van der Waals surface area contributed by atoms with E-state index in [1.54, 1.807) is 0 Å². The zero-order valence-electron chi connectivity index (χ0n) is 10.2. The van der Waals surface area contributed by atoms with E-state index >= 15 is 0 Å². The summed E-state index contributed by atoms with van der Waals surface area (Å²) >= 11 is 0. The standard InChI is InChI=1S/C11H14FNO4S/c1-7(2)18(15,16)13-10-5-4-8(12)6-9(10)11(14)17-3/h4-7,13H,1-3H3. The smallest absolute Gasteiger partial charge is 0.340 e. The molecule has 0 amide bonds. The second-order valence-corrected chi connectivity index (χ2v) is 6.11. The van der Waals surface area contributed by atoms with Crippen LogP contribution in [-0.4, -0.2) is 26.7 Å². The molecule has 1 rings (SSSR count). The molecule has 0 unspecified atom stereocenters. The van der Waals surface area contributed by atoms with Gasteiger partial charge in [-0.1, -0.05) is 0 Å². The van der Waals surface area contributed by atoms with Gasteiger partial charge in [0.2, 0.25) is 10.0 Å². The summed E-state index contributed by atoms with van der Waals surface area (Å²) in [5.41, 5.74) is -0.168. The molecular weight excluding hydrogens is 261 g/mol. The van der Waals surface area contributed by atoms with E-state index in [0.29, 0.717) is 0 Å². The number of carbonyl (C=O) groups excluding carboxylic acids is 1. The fourth-order valence-electron chi connectivity index (χ4n) is 1.16. The molecule has 0 fully saturated rings. The lowest BCUT2D eigenvalue weighted by atomic mass is 10.2. The molecule has 0 saturated heterocycles. The van der Waals surface area contributed by atoms with E-state index in [9.17, 15) is 17.6 Å². The third-order valence-electron chi connectivity index (χ3n) is 2.26. The lowest BCUT2D eigenvalue weighted by molar-refractivity contribution is 0.0601. The number of methoxy groups -OCH3 is 1. The molecule has 0 aliphatic heterocycles. The Morgan fingerprint density at radius 2 is 2.00 bits per heavy atom. The molecule has 0 atom stereocenters. The SMILES string of the molecule is COC(=O)c1cc(F)ccc1NS(=O)(=O)C(C)C. The van der Waals surface area contributed by atoms with E-state index in [0.717, 1.165) is 19.2 Å². The van der Waals surface area contributed by atoms with Gasteiger partial charge in [-0.3, -0.25) is 4.72 Å². The molecule has 0 bridgehead atoms. The van der Waals surface area contributed by atoms with Crippen molar-refractivity contribution < 1.29 is 22.3 Å². The van der Waals surface area contributed by atoms with E-state index in [1.807, 2.05) is 0 Å². The average Bonchev–Trinajstić information content (AvgIpc) is 2.30. The lowest BCUT2D eigenvalue weighted by Crippen LogP contribution is -2.23. The quantitative estimate of drug-likeness (QED) is 0.850. The molecule has 1 N–H and O–H groups in total. The molecule has 0 radical (unpaired) electrons. The molecule has 7 heteroatoms. The average molecular weight is 275 g/mol. The van der Waals surface area contributed by atoms with Crippen molar-refractivity contribution >= 4 is 21.7 Å². The number of rotatable bonds is 4. The number of esters is 1. The van der Waals surface area contributed by atoms with Crippen LogP contribution in [0.4, 0.5) is 10.1 Å². The summed E-state index contributed by atoms with van der Waals surface area (Å²) in [6, 6.07) is 3.16. The van der Waals surface area contributed by atoms with E-state index in [-0.39, 0.29) is 11.3 Å². The van der Waals surface area contributed by atoms with Crippen molar-refractivity contribution in [1.82, 2.24) is 0 Å². The highest BCUT2D eigenvalue weighted by atomic mass is 32.2. The van der Waals surface area contributed by atoms with Crippen LogP contribution in [0.1, 0.15) is 24.2 Å². The first-order chi connectivity index (χ1) is 8.27. The van der Waals surface area contributed by atoms with Crippen LogP contribution in [0.15, 0.2) is 18.2 Å². The number of benzene rings is 1. The molecule has 18 heavy (non-hydrogen) atoms. The molecule has 1 aromatic carbocycles. The molecule has 100 valence electrons. The van der Waals surface area contributed by atoms with E-state index < -0.39 is 27.1 Å². The van der Waals surface area contributed by atoms with Gasteiger partial charge in [-0.15, -0.1) is 0 Å². The van der Waals surface area contributed by atoms with Gasteiger partial charge in [0.05, 0.1) is 23.6 Å². The van der Waals surface area contributed by atoms with Crippen LogP contribution in [0.2, 0.25) is 0 Å². The van der Waals surface area contributed by atoms with Crippen molar-refractivity contribution in [3.8, 4) is 0 Å². The van der Waals surface area contributed by atoms with Crippen LogP contribution in [0.3, 0.4) is 0 Å². The zero-order valence-corrected chi connectivity index (χ0v) is 11.0. The van der Waals surface area contributed by atoms with Gasteiger partial charge < -0.3 is 4.74 Å². The summed E-state index contributed by atoms with van der Waals surface area (Å²) in [5.74, 6) is -1.46. The van der Waals surface area contributed by atoms with E-state index in [1.165, 1.54) is 19.9 Å². The molecule has 1 aromatic rings. The summed E-state index contributed by atoms with van der Waals surface area (Å²) < 4.78 is 43.1. The van der Waals surface area contributed by atoms with Gasteiger partial charge in [-0.25, -0.2) is 17.6 Å². The number of halogens is 1. The Balaban J connectivity index is 3.21. The van der Waals surface area contributed by atoms with Crippen LogP contribution in [0, 0.1) is 5.82 Å². The van der Waals surface area contributed by atoms with Crippen molar-refractivity contribution in [3.05, 3.63) is 29.6 Å². The van der Waals surface area contributed by atoms with Crippen LogP contribution < -0.4 is 4.72 Å². The van der Waals surface area contributed by atoms with Gasteiger partial charge in [0.25, 0.3) is 0 Å². The molecular formula is C11H14FNO4S. The lowest BCUT2D eigenvalue weighted by Gasteiger charge is -2.13.